The fourth-order valence-electron chi connectivity index (χ4n) is 15.9. The number of phenols is 2. The molecule has 137 heavy (non-hydrogen) atoms. The number of piperazine rings is 2. The number of nitrogens with zero attached hydrogens (tertiary/aromatic N) is 9. The number of H-pyrrole nitrogens is 1. The minimum atomic E-state index is -3.77. The number of nitrogens with one attached hydrogen (secondary N) is 5. The van der Waals surface area contributed by atoms with Gasteiger partial charge in [-0.05, 0) is 178 Å². The lowest BCUT2D eigenvalue weighted by molar-refractivity contribution is -0.175. The molecule has 4 amide bonds. The molecule has 7 N–H and O–H groups in total. The van der Waals surface area contributed by atoms with Crippen molar-refractivity contribution in [3.05, 3.63) is 280 Å². The molecule has 5 aromatic heterocycles. The number of thiophene rings is 1. The number of thiazole rings is 1. The van der Waals surface area contributed by atoms with Crippen molar-refractivity contribution in [1.29, 1.82) is 0 Å². The first-order valence-electron chi connectivity index (χ1n) is 47.0. The normalized spacial score (nSPS) is 14.6. The van der Waals surface area contributed by atoms with Gasteiger partial charge in [-0.25, -0.2) is 36.2 Å². The number of sulfonamides is 2. The Morgan fingerprint density at radius 1 is 0.672 bits per heavy atom. The van der Waals surface area contributed by atoms with E-state index >= 15 is 0 Å². The highest BCUT2D eigenvalue weighted by Crippen LogP contribution is 2.40. The summed E-state index contributed by atoms with van der Waals surface area (Å²) in [6, 6.07) is 61.9. The van der Waals surface area contributed by atoms with Crippen LogP contribution in [0.4, 0.5) is 38.1 Å². The number of phenolic OH excluding ortho intramolecular Hbond substituents is 2. The second-order valence-corrected chi connectivity index (χ2v) is 37.4. The number of pyridine rings is 1. The van der Waals surface area contributed by atoms with Crippen LogP contribution >= 0.6 is 34.3 Å². The van der Waals surface area contributed by atoms with Crippen LogP contribution in [0.1, 0.15) is 159 Å². The van der Waals surface area contributed by atoms with Crippen LogP contribution < -0.4 is 34.8 Å². The van der Waals surface area contributed by atoms with Crippen LogP contribution in [0.25, 0.3) is 55.7 Å². The van der Waals surface area contributed by atoms with E-state index < -0.39 is 37.8 Å². The number of piperidine rings is 1. The highest BCUT2D eigenvalue weighted by molar-refractivity contribution is 7.94. The maximum absolute atomic E-state index is 13.7. The van der Waals surface area contributed by atoms with Gasteiger partial charge in [0.1, 0.15) is 45.1 Å². The fraction of sp³-hybridized carbons (Fsp3) is 0.330. The lowest BCUT2D eigenvalue weighted by atomic mass is 9.94. The molecule has 0 saturated carbocycles. The molecule has 2 unspecified atom stereocenters. The van der Waals surface area contributed by atoms with Crippen LogP contribution in [0.5, 0.6) is 11.5 Å². The van der Waals surface area contributed by atoms with Gasteiger partial charge < -0.3 is 59.6 Å². The molecule has 9 aromatic carbocycles. The number of oxazole rings is 1. The molecule has 0 bridgehead atoms. The van der Waals surface area contributed by atoms with Crippen molar-refractivity contribution in [3.8, 4) is 11.5 Å². The van der Waals surface area contributed by atoms with Gasteiger partial charge in [0.25, 0.3) is 26.0 Å². The first kappa shape index (κ1) is 108. The Balaban J connectivity index is 0.000000190. The second-order valence-electron chi connectivity index (χ2n) is 31.4. The molecule has 0 radical (unpaired) electrons. The van der Waals surface area contributed by atoms with Crippen molar-refractivity contribution >= 4 is 167 Å². The van der Waals surface area contributed by atoms with E-state index in [0.29, 0.717) is 94.8 Å². The number of unbranched alkanes of at least 4 members (excludes halogenated alkanes) is 1. The van der Waals surface area contributed by atoms with E-state index in [0.717, 1.165) is 137 Å². The van der Waals surface area contributed by atoms with Gasteiger partial charge in [0.05, 0.1) is 33.4 Å². The van der Waals surface area contributed by atoms with Gasteiger partial charge in [0, 0.05) is 140 Å². The topological polar surface area (TPSA) is 312 Å². The number of fused-ring (bicyclic) bond motifs is 5. The lowest BCUT2D eigenvalue weighted by Crippen LogP contribution is -2.71. The summed E-state index contributed by atoms with van der Waals surface area (Å²) >= 11 is 8.82. The number of halogens is 2. The number of carbonyl (C=O) groups is 4. The molecule has 4 aliphatic rings. The minimum Gasteiger partial charge on any atom is -0.507 e. The molecule has 25 nitrogen and oxygen atoms in total. The number of aromatic hydroxyl groups is 2. The molecular weight excluding hydrogens is 1830 g/mol. The molecule has 4 aliphatic heterocycles. The Bertz CT molecular complexity index is 6430. The summed E-state index contributed by atoms with van der Waals surface area (Å²) in [7, 11) is -3.40. The number of rotatable bonds is 21. The largest absolute Gasteiger partial charge is 0.507 e. The molecule has 4 saturated heterocycles. The smallest absolute Gasteiger partial charge is 0.271 e. The molecule has 4 fully saturated rings. The van der Waals surface area contributed by atoms with Gasteiger partial charge in [-0.2, -0.15) is 0 Å². The summed E-state index contributed by atoms with van der Waals surface area (Å²) in [4.78, 5) is 82.4. The van der Waals surface area contributed by atoms with Gasteiger partial charge in [0.2, 0.25) is 23.6 Å². The zero-order valence-electron chi connectivity index (χ0n) is 80.9. The summed E-state index contributed by atoms with van der Waals surface area (Å²) in [5.74, 6) is 1.32. The molecular formula is C106H130ClFN14O11S4. The molecule has 14 aromatic rings. The lowest BCUT2D eigenvalue weighted by Gasteiger charge is -2.53. The highest BCUT2D eigenvalue weighted by Gasteiger charge is 2.49. The summed E-state index contributed by atoms with van der Waals surface area (Å²) < 4.78 is 74.7. The Morgan fingerprint density at radius 3 is 1.96 bits per heavy atom. The quantitative estimate of drug-likeness (QED) is 0.0329. The number of aromatic nitrogens is 4. The average molecular weight is 1960 g/mol. The third-order valence-corrected chi connectivity index (χ3v) is 28.1. The van der Waals surface area contributed by atoms with E-state index in [1.54, 1.807) is 120 Å². The molecule has 0 aliphatic carbocycles. The molecule has 728 valence electrons. The van der Waals surface area contributed by atoms with Crippen molar-refractivity contribution in [2.24, 2.45) is 5.92 Å². The van der Waals surface area contributed by atoms with Gasteiger partial charge in [-0.15, -0.1) is 11.3 Å². The van der Waals surface area contributed by atoms with Crippen molar-refractivity contribution in [3.63, 3.8) is 0 Å². The molecule has 2 atom stereocenters. The van der Waals surface area contributed by atoms with Crippen molar-refractivity contribution in [2.45, 2.75) is 163 Å². The molecule has 31 heteroatoms. The van der Waals surface area contributed by atoms with Gasteiger partial charge in [-0.1, -0.05) is 233 Å². The summed E-state index contributed by atoms with van der Waals surface area (Å²) in [6.07, 6.45) is 15.1. The van der Waals surface area contributed by atoms with Crippen LogP contribution in [0.15, 0.2) is 250 Å². The van der Waals surface area contributed by atoms with E-state index in [1.807, 2.05) is 227 Å². The predicted molar refractivity (Wildman–Crippen MR) is 563 cm³/mol. The van der Waals surface area contributed by atoms with E-state index in [1.165, 1.54) is 24.3 Å². The number of anilines is 6. The standard InChI is InChI=1S/C28H39N5O3.C22H21FN4O.C18H16ClNO3S.C14H13N3OS.C14H11NO3S2.5C2H6/c1-2-3-8-24-28(36)31(18-20-11-14-29-15-12-20)19-25-32(16-13-27(35)33(24)25)26(34)10-9-21-17-30-23-7-5-4-6-22(21)23;23-20-6-2-1-5-19(20)22(28)25-17-8-10-18(11-9-17)26-13-15-27(16-14-26)21-7-3-4-12-24-21;1-11-7-8-17(12(2)9-11)24(22,23)20-16-10-15(19)18(21)14-6-4-3-5-13(14)16;1-17(2)14-15-9-10(19-14)7-8-13-16-11-5-3-4-6-12(11)18-13;16-13-8-7-12(10-4-1-2-5-11(10)13)15-20(17,18)14-6-3-9-19-14;5*1-2/h4-7,17,20,24-25,29-30H,2-3,8-16,18-19H2,1H3;1-12H,13-16H2,(H,25,28);3-10,20-21H,1-2H3;3-9H,1-2H3;1-9,15-16H;5*1-2H3/b;;;8-7+;;;;;;. The minimum absolute atomic E-state index is 0.0108. The van der Waals surface area contributed by atoms with Crippen LogP contribution in [-0.4, -0.2) is 171 Å². The molecule has 18 rings (SSSR count). The van der Waals surface area contributed by atoms with E-state index in [4.69, 9.17) is 16.0 Å². The first-order valence-corrected chi connectivity index (χ1v) is 52.1. The average Bonchev–Trinajstić information content (AvgIpc) is 1.23. The van der Waals surface area contributed by atoms with Gasteiger partial charge in [-0.3, -0.25) is 28.6 Å². The van der Waals surface area contributed by atoms with Crippen molar-refractivity contribution in [2.75, 3.05) is 102 Å². The Morgan fingerprint density at radius 2 is 1.31 bits per heavy atom. The third-order valence-electron chi connectivity index (χ3n) is 22.4. The Kier molecular flexibility index (Phi) is 42.3. The number of aryl methyl sites for hydroxylation is 3. The van der Waals surface area contributed by atoms with E-state index in [9.17, 15) is 50.6 Å². The van der Waals surface area contributed by atoms with Crippen LogP contribution in [-0.2, 0) is 40.9 Å². The zero-order valence-corrected chi connectivity index (χ0v) is 84.9. The maximum atomic E-state index is 13.7. The highest BCUT2D eigenvalue weighted by atomic mass is 35.5. The number of benzene rings is 9. The summed E-state index contributed by atoms with van der Waals surface area (Å²) in [5, 5.41) is 32.3. The predicted octanol–water partition coefficient (Wildman–Crippen LogP) is 23.4. The van der Waals surface area contributed by atoms with Crippen LogP contribution in [0.3, 0.4) is 0 Å². The molecule has 9 heterocycles. The number of para-hydroxylation sites is 3. The summed E-state index contributed by atoms with van der Waals surface area (Å²) in [6.45, 7) is 32.9. The van der Waals surface area contributed by atoms with Crippen LogP contribution in [0.2, 0.25) is 5.02 Å². The van der Waals surface area contributed by atoms with Gasteiger partial charge >= 0.3 is 0 Å². The van der Waals surface area contributed by atoms with Crippen molar-refractivity contribution in [1.82, 2.24) is 40.0 Å². The second kappa shape index (κ2) is 53.7. The Hall–Kier alpha value is -12.7. The third kappa shape index (κ3) is 29.0. The monoisotopic (exact) mass is 1960 g/mol. The SMILES string of the molecule is CC.CC.CC.CC.CC.CCCCC1C(=O)N(CC2CCNCC2)CC2N(C(=O)CCc3c[nH]c4ccccc34)CCC(=O)N12.CN(C)c1ncc(/C=C/c2nc3ccccc3o2)s1.Cc1ccc(S(=O)(=O)Nc2cc(Cl)c(O)c3ccccc23)c(C)c1.O=C(Nc1ccc(N2CCN(c3ccccn3)CC2)cc1)c1ccccc1F.O=S(=O)(Nc1ccc(O)c2ccccc12)c1cccs1. The number of carbonyl (C=O) groups excluding carboxylic acids is 4. The number of amides is 4. The van der Waals surface area contributed by atoms with Gasteiger partial charge in [0.15, 0.2) is 10.7 Å². The van der Waals surface area contributed by atoms with E-state index in [2.05, 4.69) is 62.8 Å². The number of hydrogen-bond acceptors (Lipinski definition) is 20. The molecule has 0 spiro atoms. The zero-order chi connectivity index (χ0) is 99.3. The van der Waals surface area contributed by atoms with Crippen LogP contribution in [0, 0.1) is 25.6 Å². The van der Waals surface area contributed by atoms with E-state index in [-0.39, 0.29) is 55.1 Å². The van der Waals surface area contributed by atoms with Crippen molar-refractivity contribution < 1.29 is 55.0 Å². The first-order chi connectivity index (χ1) is 66.4. The Labute approximate surface area is 819 Å². The fourth-order valence-corrected chi connectivity index (χ4v) is 20.2. The maximum Gasteiger partial charge on any atom is 0.271 e. The summed E-state index contributed by atoms with van der Waals surface area (Å²) in [5.41, 5.74) is 8.11. The number of aromatic amines is 1. The number of hydrogen-bond donors (Lipinski definition) is 7.